The van der Waals surface area contributed by atoms with E-state index in [2.05, 4.69) is 5.32 Å². The van der Waals surface area contributed by atoms with Gasteiger partial charge < -0.3 is 20.4 Å². The molecule has 5 nitrogen and oxygen atoms in total. The van der Waals surface area contributed by atoms with Crippen molar-refractivity contribution in [2.45, 2.75) is 12.6 Å². The summed E-state index contributed by atoms with van der Waals surface area (Å²) in [7, 11) is 0. The molecule has 0 aliphatic carbocycles. The van der Waals surface area contributed by atoms with Gasteiger partial charge in [-0.15, -0.1) is 0 Å². The van der Waals surface area contributed by atoms with Crippen molar-refractivity contribution >= 4 is 11.6 Å². The fourth-order valence-electron chi connectivity index (χ4n) is 3.43. The number of amides is 1. The number of hydrogen-bond donors (Lipinski definition) is 3. The molecule has 1 aliphatic heterocycles. The lowest BCUT2D eigenvalue weighted by atomic mass is 10.0. The molecule has 1 heterocycles. The van der Waals surface area contributed by atoms with E-state index in [0.29, 0.717) is 29.8 Å². The number of carbonyl (C=O) groups is 1. The van der Waals surface area contributed by atoms with Crippen LogP contribution in [0, 0.1) is 0 Å². The largest absolute Gasteiger partial charge is 0.504 e. The third kappa shape index (κ3) is 3.19. The Morgan fingerprint density at radius 2 is 1.63 bits per heavy atom. The highest BCUT2D eigenvalue weighted by Gasteiger charge is 2.34. The van der Waals surface area contributed by atoms with E-state index >= 15 is 0 Å². The van der Waals surface area contributed by atoms with Crippen LogP contribution in [0.25, 0.3) is 0 Å². The molecule has 1 aliphatic rings. The maximum absolute atomic E-state index is 13.2. The number of phenolic OH excluding ortho intramolecular Hbond substituents is 2. The van der Waals surface area contributed by atoms with Crippen molar-refractivity contribution in [1.29, 1.82) is 0 Å². The molecule has 0 radical (unpaired) electrons. The summed E-state index contributed by atoms with van der Waals surface area (Å²) in [5.41, 5.74) is 2.90. The van der Waals surface area contributed by atoms with Gasteiger partial charge in [-0.3, -0.25) is 4.79 Å². The normalized spacial score (nSPS) is 15.9. The van der Waals surface area contributed by atoms with Crippen LogP contribution in [0.1, 0.15) is 27.7 Å². The summed E-state index contributed by atoms with van der Waals surface area (Å²) in [6, 6.07) is 22.1. The van der Waals surface area contributed by atoms with Crippen LogP contribution in [0.2, 0.25) is 0 Å². The van der Waals surface area contributed by atoms with Crippen molar-refractivity contribution in [2.24, 2.45) is 0 Å². The summed E-state index contributed by atoms with van der Waals surface area (Å²) in [6.07, 6.45) is 0.121. The minimum absolute atomic E-state index is 0.104. The Hall–Kier alpha value is -3.47. The summed E-state index contributed by atoms with van der Waals surface area (Å²) in [6.45, 7) is 0.476. The van der Waals surface area contributed by atoms with Gasteiger partial charge in [0, 0.05) is 17.8 Å². The molecule has 0 spiro atoms. The van der Waals surface area contributed by atoms with Crippen LogP contribution >= 0.6 is 0 Å². The average molecular weight is 360 g/mol. The van der Waals surface area contributed by atoms with E-state index in [1.165, 1.54) is 6.07 Å². The van der Waals surface area contributed by atoms with E-state index in [0.717, 1.165) is 5.56 Å². The van der Waals surface area contributed by atoms with Crippen molar-refractivity contribution in [1.82, 2.24) is 4.90 Å². The highest BCUT2D eigenvalue weighted by atomic mass is 16.3. The van der Waals surface area contributed by atoms with Crippen LogP contribution in [0.4, 0.5) is 5.69 Å². The third-order valence-electron chi connectivity index (χ3n) is 4.85. The van der Waals surface area contributed by atoms with Gasteiger partial charge in [0.05, 0.1) is 5.56 Å². The van der Waals surface area contributed by atoms with E-state index in [1.807, 2.05) is 48.5 Å². The fraction of sp³-hybridized carbons (Fsp3) is 0.136. The van der Waals surface area contributed by atoms with Gasteiger partial charge in [-0.25, -0.2) is 0 Å². The predicted molar refractivity (Wildman–Crippen MR) is 104 cm³/mol. The number of benzene rings is 3. The van der Waals surface area contributed by atoms with Crippen LogP contribution in [0.15, 0.2) is 72.8 Å². The lowest BCUT2D eigenvalue weighted by molar-refractivity contribution is 0.0683. The molecular weight excluding hydrogens is 340 g/mol. The summed E-state index contributed by atoms with van der Waals surface area (Å²) < 4.78 is 0. The Balaban J connectivity index is 1.71. The first-order valence-electron chi connectivity index (χ1n) is 8.86. The first-order valence-corrected chi connectivity index (χ1v) is 8.86. The van der Waals surface area contributed by atoms with E-state index < -0.39 is 6.17 Å². The van der Waals surface area contributed by atoms with E-state index in [1.54, 1.807) is 23.1 Å². The molecule has 5 heteroatoms. The molecule has 3 aromatic rings. The van der Waals surface area contributed by atoms with Crippen LogP contribution in [-0.2, 0) is 6.42 Å². The Labute approximate surface area is 157 Å². The zero-order valence-corrected chi connectivity index (χ0v) is 14.7. The molecule has 0 saturated heterocycles. The van der Waals surface area contributed by atoms with Gasteiger partial charge >= 0.3 is 0 Å². The van der Waals surface area contributed by atoms with Gasteiger partial charge in [-0.2, -0.15) is 0 Å². The second-order valence-corrected chi connectivity index (χ2v) is 6.54. The first-order chi connectivity index (χ1) is 13.1. The van der Waals surface area contributed by atoms with Crippen molar-refractivity contribution < 1.29 is 15.0 Å². The number of phenols is 2. The summed E-state index contributed by atoms with van der Waals surface area (Å²) in [5.74, 6) is -0.525. The van der Waals surface area contributed by atoms with E-state index in [-0.39, 0.29) is 17.4 Å². The number of rotatable bonds is 4. The van der Waals surface area contributed by atoms with Crippen LogP contribution in [0.5, 0.6) is 11.5 Å². The number of nitrogens with one attached hydrogen (secondary N) is 1. The number of hydrogen-bond acceptors (Lipinski definition) is 4. The maximum atomic E-state index is 13.2. The predicted octanol–water partition coefficient (Wildman–Crippen LogP) is 3.91. The minimum atomic E-state index is -0.566. The number of para-hydroxylation sites is 2. The zero-order valence-electron chi connectivity index (χ0n) is 14.7. The monoisotopic (exact) mass is 360 g/mol. The van der Waals surface area contributed by atoms with Crippen LogP contribution in [0.3, 0.4) is 0 Å². The molecule has 0 bridgehead atoms. The minimum Gasteiger partial charge on any atom is -0.504 e. The third-order valence-corrected chi connectivity index (χ3v) is 4.85. The molecule has 27 heavy (non-hydrogen) atoms. The number of carbonyl (C=O) groups excluding carboxylic acids is 1. The molecule has 1 atom stereocenters. The molecule has 0 fully saturated rings. The van der Waals surface area contributed by atoms with E-state index in [4.69, 9.17) is 0 Å². The molecule has 3 N–H and O–H groups in total. The second-order valence-electron chi connectivity index (χ2n) is 6.54. The lowest BCUT2D eigenvalue weighted by Crippen LogP contribution is -2.44. The highest BCUT2D eigenvalue weighted by Crippen LogP contribution is 2.39. The van der Waals surface area contributed by atoms with E-state index in [9.17, 15) is 15.0 Å². The number of anilines is 1. The summed E-state index contributed by atoms with van der Waals surface area (Å²) >= 11 is 0. The Bertz CT molecular complexity index is 972. The molecule has 3 aromatic carbocycles. The SMILES string of the molecule is O=C1c2ccccc2N[C@@H](c2cccc(O)c2O)N1CCc1ccccc1. The van der Waals surface area contributed by atoms with Gasteiger partial charge in [0.15, 0.2) is 11.5 Å². The van der Waals surface area contributed by atoms with Gasteiger partial charge in [-0.1, -0.05) is 54.6 Å². The van der Waals surface area contributed by atoms with Crippen LogP contribution < -0.4 is 5.32 Å². The maximum Gasteiger partial charge on any atom is 0.257 e. The quantitative estimate of drug-likeness (QED) is 0.617. The number of nitrogens with zero attached hydrogens (tertiary/aromatic N) is 1. The van der Waals surface area contributed by atoms with Crippen molar-refractivity contribution in [3.8, 4) is 11.5 Å². The smallest absolute Gasteiger partial charge is 0.257 e. The average Bonchev–Trinajstić information content (AvgIpc) is 2.70. The molecular formula is C22H20N2O3. The lowest BCUT2D eigenvalue weighted by Gasteiger charge is -2.38. The summed E-state index contributed by atoms with van der Waals surface area (Å²) in [5, 5.41) is 23.6. The molecule has 0 saturated carbocycles. The topological polar surface area (TPSA) is 72.8 Å². The Morgan fingerprint density at radius 3 is 2.44 bits per heavy atom. The standard InChI is InChI=1S/C22H20N2O3/c25-19-12-6-10-17(20(19)26)21-23-18-11-5-4-9-16(18)22(27)24(21)14-13-15-7-2-1-3-8-15/h1-12,21,23,25-26H,13-14H2/t21-/m1/s1. The zero-order chi connectivity index (χ0) is 18.8. The Kier molecular flexibility index (Phi) is 4.42. The number of fused-ring (bicyclic) bond motifs is 1. The number of aromatic hydroxyl groups is 2. The Morgan fingerprint density at radius 1 is 0.889 bits per heavy atom. The molecule has 4 rings (SSSR count). The van der Waals surface area contributed by atoms with Crippen molar-refractivity contribution in [3.05, 3.63) is 89.5 Å². The van der Waals surface area contributed by atoms with Crippen LogP contribution in [-0.4, -0.2) is 27.6 Å². The fourth-order valence-corrected chi connectivity index (χ4v) is 3.43. The second kappa shape index (κ2) is 7.03. The first kappa shape index (κ1) is 17.0. The van der Waals surface area contributed by atoms with Gasteiger partial charge in [0.2, 0.25) is 0 Å². The van der Waals surface area contributed by atoms with Gasteiger partial charge in [-0.05, 0) is 30.2 Å². The highest BCUT2D eigenvalue weighted by molar-refractivity contribution is 6.01. The van der Waals surface area contributed by atoms with Gasteiger partial charge in [0.25, 0.3) is 5.91 Å². The van der Waals surface area contributed by atoms with Crippen molar-refractivity contribution in [3.63, 3.8) is 0 Å². The molecule has 1 amide bonds. The van der Waals surface area contributed by atoms with Crippen molar-refractivity contribution in [2.75, 3.05) is 11.9 Å². The summed E-state index contributed by atoms with van der Waals surface area (Å²) in [4.78, 5) is 14.9. The van der Waals surface area contributed by atoms with Gasteiger partial charge in [0.1, 0.15) is 6.17 Å². The molecule has 0 aromatic heterocycles. The molecule has 0 unspecified atom stereocenters. The molecule has 136 valence electrons.